The zero-order chi connectivity index (χ0) is 14.3. The summed E-state index contributed by atoms with van der Waals surface area (Å²) in [7, 11) is 0. The highest BCUT2D eigenvalue weighted by Crippen LogP contribution is 2.33. The lowest BCUT2D eigenvalue weighted by Crippen LogP contribution is -2.22. The molecule has 102 valence electrons. The van der Waals surface area contributed by atoms with E-state index in [1.807, 2.05) is 0 Å². The average molecular weight is 274 g/mol. The number of rotatable bonds is 2. The molecule has 7 nitrogen and oxygen atoms in total. The van der Waals surface area contributed by atoms with Gasteiger partial charge in [0.05, 0.1) is 5.69 Å². The minimum Gasteiger partial charge on any atom is -0.476 e. The van der Waals surface area contributed by atoms with Crippen LogP contribution in [0.25, 0.3) is 5.69 Å². The lowest BCUT2D eigenvalue weighted by molar-refractivity contribution is 0.0686. The first kappa shape index (κ1) is 12.2. The molecule has 2 heterocycles. The number of aryl methyl sites for hydroxylation is 1. The fraction of sp³-hybridized carbons (Fsp3) is 0.154. The molecule has 2 aromatic rings. The largest absolute Gasteiger partial charge is 0.476 e. The van der Waals surface area contributed by atoms with E-state index in [0.29, 0.717) is 22.9 Å². The second-order valence-corrected chi connectivity index (χ2v) is 4.25. The Kier molecular flexibility index (Phi) is 2.67. The third kappa shape index (κ3) is 1.89. The van der Waals surface area contributed by atoms with Crippen LogP contribution in [0.15, 0.2) is 29.1 Å². The number of carboxylic acids is 1. The highest BCUT2D eigenvalue weighted by molar-refractivity contribution is 5.84. The fourth-order valence-electron chi connectivity index (χ4n) is 1.97. The van der Waals surface area contributed by atoms with Gasteiger partial charge in [-0.1, -0.05) is 0 Å². The van der Waals surface area contributed by atoms with Crippen LogP contribution in [0.3, 0.4) is 0 Å². The first-order valence-corrected chi connectivity index (χ1v) is 5.80. The Morgan fingerprint density at radius 2 is 2.05 bits per heavy atom. The monoisotopic (exact) mass is 274 g/mol. The van der Waals surface area contributed by atoms with Crippen molar-refractivity contribution in [3.63, 3.8) is 0 Å². The van der Waals surface area contributed by atoms with Gasteiger partial charge in [-0.25, -0.2) is 9.48 Å². The number of nitrogens with zero attached hydrogens (tertiary/aromatic N) is 2. The van der Waals surface area contributed by atoms with Crippen molar-refractivity contribution in [1.29, 1.82) is 0 Å². The molecular formula is C13H10N2O5. The molecule has 0 unspecified atom stereocenters. The summed E-state index contributed by atoms with van der Waals surface area (Å²) in [6.45, 7) is 1.82. The standard InChI is InChI=1S/C13H10N2O5/c1-7-4-9(16)12(13(17)18)14-15(7)8-2-3-10-11(5-8)20-6-19-10/h2-5H,6H2,1H3,(H,17,18). The van der Waals surface area contributed by atoms with Crippen molar-refractivity contribution in [3.8, 4) is 17.2 Å². The van der Waals surface area contributed by atoms with E-state index in [-0.39, 0.29) is 6.79 Å². The van der Waals surface area contributed by atoms with E-state index >= 15 is 0 Å². The lowest BCUT2D eigenvalue weighted by atomic mass is 10.2. The molecule has 0 bridgehead atoms. The molecule has 3 rings (SSSR count). The Bertz CT molecular complexity index is 766. The van der Waals surface area contributed by atoms with E-state index in [2.05, 4.69) is 5.10 Å². The number of benzene rings is 1. The minimum absolute atomic E-state index is 0.149. The van der Waals surface area contributed by atoms with Crippen LogP contribution in [0.4, 0.5) is 0 Å². The van der Waals surface area contributed by atoms with Crippen LogP contribution >= 0.6 is 0 Å². The van der Waals surface area contributed by atoms with Crippen LogP contribution in [-0.4, -0.2) is 27.6 Å². The maximum Gasteiger partial charge on any atom is 0.360 e. The van der Waals surface area contributed by atoms with E-state index in [0.717, 1.165) is 0 Å². The van der Waals surface area contributed by atoms with Gasteiger partial charge in [0, 0.05) is 17.8 Å². The molecule has 0 fully saturated rings. The molecule has 1 aromatic carbocycles. The van der Waals surface area contributed by atoms with Crippen LogP contribution in [-0.2, 0) is 0 Å². The van der Waals surface area contributed by atoms with Gasteiger partial charge < -0.3 is 14.6 Å². The lowest BCUT2D eigenvalue weighted by Gasteiger charge is -2.10. The number of carboxylic acid groups (broad SMARTS) is 1. The average Bonchev–Trinajstić information content (AvgIpc) is 2.85. The van der Waals surface area contributed by atoms with E-state index in [1.54, 1.807) is 25.1 Å². The molecule has 1 aliphatic heterocycles. The maximum atomic E-state index is 11.6. The Morgan fingerprint density at radius 3 is 2.80 bits per heavy atom. The first-order chi connectivity index (χ1) is 9.56. The molecule has 20 heavy (non-hydrogen) atoms. The fourth-order valence-corrected chi connectivity index (χ4v) is 1.97. The molecular weight excluding hydrogens is 264 g/mol. The van der Waals surface area contributed by atoms with Gasteiger partial charge in [0.2, 0.25) is 17.9 Å². The second kappa shape index (κ2) is 4.37. The molecule has 0 atom stereocenters. The molecule has 1 aromatic heterocycles. The molecule has 1 N–H and O–H groups in total. The van der Waals surface area contributed by atoms with Crippen LogP contribution in [0.5, 0.6) is 11.5 Å². The van der Waals surface area contributed by atoms with Gasteiger partial charge in [-0.15, -0.1) is 0 Å². The predicted octanol–water partition coefficient (Wildman–Crippen LogP) is 0.968. The summed E-state index contributed by atoms with van der Waals surface area (Å²) in [4.78, 5) is 22.5. The van der Waals surface area contributed by atoms with Crippen molar-refractivity contribution < 1.29 is 19.4 Å². The molecule has 0 spiro atoms. The van der Waals surface area contributed by atoms with E-state index in [9.17, 15) is 9.59 Å². The summed E-state index contributed by atoms with van der Waals surface area (Å²) in [6.07, 6.45) is 0. The van der Waals surface area contributed by atoms with Crippen LogP contribution in [0, 0.1) is 6.92 Å². The van der Waals surface area contributed by atoms with Crippen LogP contribution < -0.4 is 14.9 Å². The summed E-state index contributed by atoms with van der Waals surface area (Å²) in [6, 6.07) is 6.33. The maximum absolute atomic E-state index is 11.6. The van der Waals surface area contributed by atoms with Crippen molar-refractivity contribution >= 4 is 5.97 Å². The summed E-state index contributed by atoms with van der Waals surface area (Å²) >= 11 is 0. The first-order valence-electron chi connectivity index (χ1n) is 5.80. The zero-order valence-electron chi connectivity index (χ0n) is 10.5. The smallest absolute Gasteiger partial charge is 0.360 e. The van der Waals surface area contributed by atoms with Gasteiger partial charge in [0.25, 0.3) is 0 Å². The van der Waals surface area contributed by atoms with Gasteiger partial charge in [-0.3, -0.25) is 4.79 Å². The Balaban J connectivity index is 2.17. The number of aromatic nitrogens is 2. The number of hydrogen-bond acceptors (Lipinski definition) is 5. The number of ether oxygens (including phenoxy) is 2. The summed E-state index contributed by atoms with van der Waals surface area (Å²) < 4.78 is 11.8. The van der Waals surface area contributed by atoms with Gasteiger partial charge in [-0.2, -0.15) is 5.10 Å². The van der Waals surface area contributed by atoms with E-state index in [4.69, 9.17) is 14.6 Å². The summed E-state index contributed by atoms with van der Waals surface area (Å²) in [5.74, 6) is -0.185. The van der Waals surface area contributed by atoms with Crippen molar-refractivity contribution in [2.24, 2.45) is 0 Å². The molecule has 7 heteroatoms. The van der Waals surface area contributed by atoms with Crippen molar-refractivity contribution in [2.45, 2.75) is 6.92 Å². The van der Waals surface area contributed by atoms with Crippen LogP contribution in [0.2, 0.25) is 0 Å². The van der Waals surface area contributed by atoms with E-state index in [1.165, 1.54) is 10.7 Å². The number of hydrogen-bond donors (Lipinski definition) is 1. The second-order valence-electron chi connectivity index (χ2n) is 4.25. The van der Waals surface area contributed by atoms with Crippen molar-refractivity contribution in [2.75, 3.05) is 6.79 Å². The molecule has 0 saturated heterocycles. The Labute approximate surface area is 113 Å². The van der Waals surface area contributed by atoms with E-state index < -0.39 is 17.1 Å². The number of fused-ring (bicyclic) bond motifs is 1. The van der Waals surface area contributed by atoms with Gasteiger partial charge in [0.15, 0.2) is 11.5 Å². The molecule has 0 saturated carbocycles. The quantitative estimate of drug-likeness (QED) is 0.877. The highest BCUT2D eigenvalue weighted by atomic mass is 16.7. The number of aromatic carboxylic acids is 1. The predicted molar refractivity (Wildman–Crippen MR) is 67.7 cm³/mol. The zero-order valence-corrected chi connectivity index (χ0v) is 10.5. The molecule has 1 aliphatic rings. The molecule has 0 radical (unpaired) electrons. The van der Waals surface area contributed by atoms with Crippen molar-refractivity contribution in [1.82, 2.24) is 9.78 Å². The molecule has 0 amide bonds. The SMILES string of the molecule is Cc1cc(=O)c(C(=O)O)nn1-c1ccc2c(c1)OCO2. The topological polar surface area (TPSA) is 90.7 Å². The highest BCUT2D eigenvalue weighted by Gasteiger charge is 2.17. The minimum atomic E-state index is -1.36. The third-order valence-corrected chi connectivity index (χ3v) is 2.91. The normalized spacial score (nSPS) is 12.4. The summed E-state index contributed by atoms with van der Waals surface area (Å²) in [5, 5.41) is 12.8. The van der Waals surface area contributed by atoms with Gasteiger partial charge in [0.1, 0.15) is 0 Å². The molecule has 0 aliphatic carbocycles. The third-order valence-electron chi connectivity index (χ3n) is 2.91. The van der Waals surface area contributed by atoms with Crippen LogP contribution in [0.1, 0.15) is 16.2 Å². The Morgan fingerprint density at radius 1 is 1.30 bits per heavy atom. The van der Waals surface area contributed by atoms with Gasteiger partial charge >= 0.3 is 5.97 Å². The Hall–Kier alpha value is -2.83. The van der Waals surface area contributed by atoms with Crippen molar-refractivity contribution in [3.05, 3.63) is 45.9 Å². The van der Waals surface area contributed by atoms with Gasteiger partial charge in [-0.05, 0) is 19.1 Å². The summed E-state index contributed by atoms with van der Waals surface area (Å²) in [5.41, 5.74) is -0.0200. The number of carbonyl (C=O) groups is 1.